The van der Waals surface area contributed by atoms with E-state index < -0.39 is 0 Å². The molecule has 1 aromatic heterocycles. The smallest absolute Gasteiger partial charge is 0.225 e. The topological polar surface area (TPSA) is 68.9 Å². The maximum absolute atomic E-state index is 13.4. The number of nitrogen functional groups attached to an aromatic ring is 1. The number of likely N-dealkylation sites (tertiary alicyclic amines) is 2. The molecular weight excluding hydrogens is 456 g/mol. The first-order valence-electron chi connectivity index (χ1n) is 12.8. The number of aromatic nitrogens is 1. The van der Waals surface area contributed by atoms with Crippen molar-refractivity contribution in [1.82, 2.24) is 14.8 Å². The van der Waals surface area contributed by atoms with Gasteiger partial charge < -0.3 is 20.4 Å². The predicted octanol–water partition coefficient (Wildman–Crippen LogP) is 3.78. The second-order valence-electron chi connectivity index (χ2n) is 10.3. The van der Waals surface area contributed by atoms with Gasteiger partial charge in [0.2, 0.25) is 5.91 Å². The Morgan fingerprint density at radius 1 is 1.06 bits per heavy atom. The Hall–Kier alpha value is -2.45. The van der Waals surface area contributed by atoms with Gasteiger partial charge in [0.05, 0.1) is 11.4 Å². The average molecular weight is 495 g/mol. The lowest BCUT2D eigenvalue weighted by Crippen LogP contribution is -2.52. The lowest BCUT2D eigenvalue weighted by atomic mass is 9.93. The van der Waals surface area contributed by atoms with Crippen molar-refractivity contribution in [3.63, 3.8) is 0 Å². The highest BCUT2D eigenvalue weighted by Crippen LogP contribution is 2.45. The molecule has 0 saturated carbocycles. The number of anilines is 3. The Labute approximate surface area is 213 Å². The number of piperidine rings is 2. The van der Waals surface area contributed by atoms with Crippen molar-refractivity contribution >= 4 is 34.9 Å². The maximum atomic E-state index is 13.4. The average Bonchev–Trinajstić information content (AvgIpc) is 3.15. The minimum absolute atomic E-state index is 0.158. The fourth-order valence-electron chi connectivity index (χ4n) is 6.02. The molecule has 0 radical (unpaired) electrons. The van der Waals surface area contributed by atoms with Gasteiger partial charge in [-0.1, -0.05) is 6.07 Å². The van der Waals surface area contributed by atoms with Crippen LogP contribution in [-0.4, -0.2) is 71.7 Å². The fraction of sp³-hybridized carbons (Fsp3) is 0.556. The van der Waals surface area contributed by atoms with Crippen LogP contribution in [0.25, 0.3) is 0 Å². The minimum Gasteiger partial charge on any atom is -0.384 e. The number of carbonyl (C=O) groups excluding carboxylic acids is 1. The second kappa shape index (κ2) is 10.3. The zero-order valence-electron chi connectivity index (χ0n) is 21.2. The van der Waals surface area contributed by atoms with Crippen LogP contribution in [0.4, 0.5) is 17.2 Å². The first-order chi connectivity index (χ1) is 16.9. The standard InChI is InChI=1S/C27H38N6OS/c1-19-4-5-23-24(16-19)30(2)27(35-3)33(23)22-9-14-32(15-10-22)26(34)21-7-12-31(13-8-21)18-20-6-11-29-25(28)17-20/h4-6,11,16-17,21-22,27H,7-10,12-15,18H2,1-3H3,(H2,28,29)/t27-/m1/s1. The van der Waals surface area contributed by atoms with Crippen molar-refractivity contribution in [2.75, 3.05) is 55.0 Å². The zero-order chi connectivity index (χ0) is 24.5. The summed E-state index contributed by atoms with van der Waals surface area (Å²) >= 11 is 1.89. The normalized spacial score (nSPS) is 22.0. The summed E-state index contributed by atoms with van der Waals surface area (Å²) in [5.74, 6) is 1.09. The van der Waals surface area contributed by atoms with E-state index in [1.165, 1.54) is 22.5 Å². The molecule has 4 heterocycles. The number of hydrogen-bond donors (Lipinski definition) is 1. The Bertz CT molecular complexity index is 1050. The van der Waals surface area contributed by atoms with Crippen molar-refractivity contribution in [3.05, 3.63) is 47.7 Å². The minimum atomic E-state index is 0.158. The molecular formula is C27H38N6OS. The van der Waals surface area contributed by atoms with Crippen LogP contribution in [0.1, 0.15) is 36.8 Å². The van der Waals surface area contributed by atoms with Gasteiger partial charge in [-0.3, -0.25) is 9.69 Å². The molecule has 2 N–H and O–H groups in total. The third-order valence-corrected chi connectivity index (χ3v) is 8.89. The van der Waals surface area contributed by atoms with Crippen LogP contribution in [0.3, 0.4) is 0 Å². The van der Waals surface area contributed by atoms with E-state index in [9.17, 15) is 4.79 Å². The van der Waals surface area contributed by atoms with Crippen LogP contribution in [0.5, 0.6) is 0 Å². The molecule has 1 atom stereocenters. The molecule has 7 nitrogen and oxygen atoms in total. The molecule has 188 valence electrons. The van der Waals surface area contributed by atoms with Gasteiger partial charge in [0.25, 0.3) is 0 Å². The number of benzene rings is 1. The van der Waals surface area contributed by atoms with E-state index in [0.29, 0.717) is 23.3 Å². The molecule has 1 aromatic carbocycles. The molecule has 8 heteroatoms. The van der Waals surface area contributed by atoms with E-state index in [0.717, 1.165) is 58.4 Å². The molecule has 0 unspecified atom stereocenters. The van der Waals surface area contributed by atoms with Gasteiger partial charge >= 0.3 is 0 Å². The summed E-state index contributed by atoms with van der Waals surface area (Å²) < 4.78 is 0. The zero-order valence-corrected chi connectivity index (χ0v) is 22.0. The van der Waals surface area contributed by atoms with Gasteiger partial charge in [0.1, 0.15) is 5.82 Å². The van der Waals surface area contributed by atoms with Crippen LogP contribution >= 0.6 is 11.8 Å². The molecule has 0 spiro atoms. The van der Waals surface area contributed by atoms with Gasteiger partial charge in [-0.15, -0.1) is 11.8 Å². The van der Waals surface area contributed by atoms with Gasteiger partial charge in [-0.2, -0.15) is 0 Å². The van der Waals surface area contributed by atoms with Crippen molar-refractivity contribution in [3.8, 4) is 0 Å². The number of amides is 1. The maximum Gasteiger partial charge on any atom is 0.225 e. The Morgan fingerprint density at radius 2 is 1.80 bits per heavy atom. The Balaban J connectivity index is 1.15. The number of hydrogen-bond acceptors (Lipinski definition) is 7. The highest BCUT2D eigenvalue weighted by molar-refractivity contribution is 7.99. The van der Waals surface area contributed by atoms with Crippen molar-refractivity contribution in [2.45, 2.75) is 50.7 Å². The lowest BCUT2D eigenvalue weighted by Gasteiger charge is -2.42. The second-order valence-corrected chi connectivity index (χ2v) is 11.2. The highest BCUT2D eigenvalue weighted by Gasteiger charge is 2.40. The van der Waals surface area contributed by atoms with Crippen LogP contribution in [-0.2, 0) is 11.3 Å². The summed E-state index contributed by atoms with van der Waals surface area (Å²) in [6, 6.07) is 11.2. The van der Waals surface area contributed by atoms with Gasteiger partial charge in [0.15, 0.2) is 5.50 Å². The summed E-state index contributed by atoms with van der Waals surface area (Å²) in [7, 11) is 2.20. The summed E-state index contributed by atoms with van der Waals surface area (Å²) in [5, 5.41) is 0. The lowest BCUT2D eigenvalue weighted by molar-refractivity contribution is -0.138. The number of fused-ring (bicyclic) bond motifs is 1. The van der Waals surface area contributed by atoms with E-state index in [-0.39, 0.29) is 5.92 Å². The third-order valence-electron chi connectivity index (χ3n) is 7.93. The number of carbonyl (C=O) groups is 1. The molecule has 3 aliphatic heterocycles. The quantitative estimate of drug-likeness (QED) is 0.678. The molecule has 5 rings (SSSR count). The van der Waals surface area contributed by atoms with Crippen LogP contribution in [0.15, 0.2) is 36.5 Å². The van der Waals surface area contributed by atoms with E-state index in [4.69, 9.17) is 5.73 Å². The van der Waals surface area contributed by atoms with E-state index in [2.05, 4.69) is 63.0 Å². The first kappa shape index (κ1) is 24.3. The van der Waals surface area contributed by atoms with Crippen LogP contribution in [0, 0.1) is 12.8 Å². The van der Waals surface area contributed by atoms with Gasteiger partial charge in [-0.05, 0) is 87.3 Å². The van der Waals surface area contributed by atoms with Gasteiger partial charge in [-0.25, -0.2) is 4.98 Å². The van der Waals surface area contributed by atoms with Gasteiger partial charge in [0, 0.05) is 44.8 Å². The van der Waals surface area contributed by atoms with Crippen molar-refractivity contribution in [1.29, 1.82) is 0 Å². The molecule has 2 fully saturated rings. The summed E-state index contributed by atoms with van der Waals surface area (Å²) in [5.41, 5.74) is 11.3. The number of nitrogens with two attached hydrogens (primary N) is 1. The first-order valence-corrected chi connectivity index (χ1v) is 14.1. The largest absolute Gasteiger partial charge is 0.384 e. The van der Waals surface area contributed by atoms with E-state index >= 15 is 0 Å². The fourth-order valence-corrected chi connectivity index (χ4v) is 6.96. The van der Waals surface area contributed by atoms with E-state index in [1.807, 2.05) is 23.9 Å². The Kier molecular flexibility index (Phi) is 7.12. The number of nitrogens with zero attached hydrogens (tertiary/aromatic N) is 5. The third kappa shape index (κ3) is 4.96. The van der Waals surface area contributed by atoms with Crippen LogP contribution < -0.4 is 15.5 Å². The molecule has 0 aliphatic carbocycles. The number of thioether (sulfide) groups is 1. The predicted molar refractivity (Wildman–Crippen MR) is 146 cm³/mol. The summed E-state index contributed by atoms with van der Waals surface area (Å²) in [4.78, 5) is 27.0. The number of pyridine rings is 1. The van der Waals surface area contributed by atoms with E-state index in [1.54, 1.807) is 6.20 Å². The van der Waals surface area contributed by atoms with Crippen molar-refractivity contribution in [2.24, 2.45) is 5.92 Å². The molecule has 2 aromatic rings. The molecule has 3 aliphatic rings. The highest BCUT2D eigenvalue weighted by atomic mass is 32.2. The number of aryl methyl sites for hydroxylation is 1. The summed E-state index contributed by atoms with van der Waals surface area (Å²) in [6.45, 7) is 6.68. The van der Waals surface area contributed by atoms with Crippen molar-refractivity contribution < 1.29 is 4.79 Å². The molecule has 35 heavy (non-hydrogen) atoms. The Morgan fingerprint density at radius 3 is 2.49 bits per heavy atom. The summed E-state index contributed by atoms with van der Waals surface area (Å²) in [6.07, 6.45) is 7.92. The molecule has 2 saturated heterocycles. The van der Waals surface area contributed by atoms with Crippen LogP contribution in [0.2, 0.25) is 0 Å². The number of rotatable bonds is 5. The molecule has 0 bridgehead atoms. The SMILES string of the molecule is CS[C@@H]1N(C)c2cc(C)ccc2N1C1CCN(C(=O)C2CCN(Cc3ccnc(N)c3)CC2)CC1. The molecule has 1 amide bonds. The monoisotopic (exact) mass is 494 g/mol.